The highest BCUT2D eigenvalue weighted by molar-refractivity contribution is 8.00. The minimum atomic E-state index is -4.47. The van der Waals surface area contributed by atoms with Gasteiger partial charge in [-0.1, -0.05) is 11.8 Å². The van der Waals surface area contributed by atoms with Crippen LogP contribution in [0.5, 0.6) is 5.75 Å². The van der Waals surface area contributed by atoms with Crippen LogP contribution in [0.3, 0.4) is 0 Å². The molecule has 3 saturated carbocycles. The lowest BCUT2D eigenvalue weighted by Gasteiger charge is -2.44. The third-order valence-electron chi connectivity index (χ3n) is 10.3. The number of hydrogen-bond acceptors (Lipinski definition) is 6. The Morgan fingerprint density at radius 1 is 1.11 bits per heavy atom. The lowest BCUT2D eigenvalue weighted by molar-refractivity contribution is -0.0668. The Kier molecular flexibility index (Phi) is 8.08. The molecule has 3 aliphatic carbocycles. The van der Waals surface area contributed by atoms with Crippen LogP contribution in [-0.2, 0) is 0 Å². The molecule has 7 nitrogen and oxygen atoms in total. The molecule has 2 bridgehead atoms. The number of anilines is 2. The van der Waals surface area contributed by atoms with Gasteiger partial charge in [-0.3, -0.25) is 4.79 Å². The van der Waals surface area contributed by atoms with Crippen molar-refractivity contribution in [1.29, 1.82) is 0 Å². The summed E-state index contributed by atoms with van der Waals surface area (Å²) < 4.78 is 48.3. The fourth-order valence-corrected chi connectivity index (χ4v) is 8.95. The monoisotopic (exact) mass is 652 g/mol. The molecule has 1 saturated heterocycles. The molecule has 244 valence electrons. The highest BCUT2D eigenvalue weighted by atomic mass is 32.2. The highest BCUT2D eigenvalue weighted by Gasteiger charge is 2.48. The van der Waals surface area contributed by atoms with E-state index >= 15 is 0 Å². The van der Waals surface area contributed by atoms with Crippen molar-refractivity contribution in [3.63, 3.8) is 0 Å². The molecule has 4 aliphatic rings. The molecular weight excluding hydrogens is 613 g/mol. The van der Waals surface area contributed by atoms with Crippen LogP contribution in [0.1, 0.15) is 61.4 Å². The number of methoxy groups -OCH3 is 1. The van der Waals surface area contributed by atoms with Crippen LogP contribution in [0.15, 0.2) is 47.6 Å². The summed E-state index contributed by atoms with van der Waals surface area (Å²) >= 11 is -0.146. The predicted octanol–water partition coefficient (Wildman–Crippen LogP) is 6.86. The van der Waals surface area contributed by atoms with E-state index < -0.39 is 11.1 Å². The molecule has 3 heterocycles. The third kappa shape index (κ3) is 6.26. The second-order valence-corrected chi connectivity index (χ2v) is 14.8. The second kappa shape index (κ2) is 11.9. The van der Waals surface area contributed by atoms with Gasteiger partial charge in [0.25, 0.3) is 5.91 Å². The average Bonchev–Trinajstić information content (AvgIpc) is 3.53. The standard InChI is InChI=1S/C35H39F3N4O3S/c1-34(44)19-41(20-34)32(43)23-8-10-29(31(18-23)45-2)39-11-3-5-24-17-30-28(6-4-12-42(30)33(24)46-35(36,37)38)40-26-9-7-22-16-25-13-21(14-26)15-27(22)25/h4,6,8,10,12,17-18,21-22,25-27,39-40,44H,7,9,11,13-16,19-20H2,1-2H3/t21-,22+,25?,26+,27?/m0/s1. The summed E-state index contributed by atoms with van der Waals surface area (Å²) in [5.41, 5.74) is -2.45. The Hall–Kier alpha value is -3.49. The van der Waals surface area contributed by atoms with Crippen LogP contribution in [-0.4, -0.2) is 64.2 Å². The van der Waals surface area contributed by atoms with E-state index in [2.05, 4.69) is 22.5 Å². The van der Waals surface area contributed by atoms with E-state index in [9.17, 15) is 23.1 Å². The predicted molar refractivity (Wildman–Crippen MR) is 173 cm³/mol. The summed E-state index contributed by atoms with van der Waals surface area (Å²) in [6.07, 6.45) is 9.13. The normalized spacial score (nSPS) is 26.2. The molecule has 1 aliphatic heterocycles. The molecule has 0 radical (unpaired) electrons. The zero-order valence-corrected chi connectivity index (χ0v) is 26.8. The van der Waals surface area contributed by atoms with E-state index in [1.54, 1.807) is 52.8 Å². The number of nitrogens with zero attached hydrogens (tertiary/aromatic N) is 2. The van der Waals surface area contributed by atoms with Crippen LogP contribution in [0.2, 0.25) is 0 Å². The average molecular weight is 653 g/mol. The van der Waals surface area contributed by atoms with Gasteiger partial charge >= 0.3 is 5.51 Å². The Balaban J connectivity index is 1.08. The molecule has 5 atom stereocenters. The van der Waals surface area contributed by atoms with Gasteiger partial charge in [-0.05, 0) is 106 Å². The number of aromatic nitrogens is 1. The maximum absolute atomic E-state index is 13.7. The first-order chi connectivity index (χ1) is 22.0. The summed E-state index contributed by atoms with van der Waals surface area (Å²) in [6.45, 7) is 2.38. The van der Waals surface area contributed by atoms with Gasteiger partial charge in [-0.15, -0.1) is 0 Å². The maximum atomic E-state index is 13.7. The Bertz CT molecular complexity index is 1700. The first-order valence-corrected chi connectivity index (χ1v) is 16.9. The van der Waals surface area contributed by atoms with Crippen LogP contribution < -0.4 is 15.4 Å². The number of ether oxygens (including phenoxy) is 1. The molecule has 4 fully saturated rings. The SMILES string of the molecule is COc1cc(C(=O)N2CC(C)(O)C2)ccc1NCC#Cc1cc2c(N[C@@H]3CC[C@@H]4CC5C[C@H](CC54)C3)cccn2c1SC(F)(F)F. The number of fused-ring (bicyclic) bond motifs is 2. The zero-order chi connectivity index (χ0) is 32.2. The number of hydrogen-bond donors (Lipinski definition) is 3. The lowest BCUT2D eigenvalue weighted by Crippen LogP contribution is -2.61. The van der Waals surface area contributed by atoms with Crippen LogP contribution in [0.4, 0.5) is 24.5 Å². The Morgan fingerprint density at radius 3 is 2.70 bits per heavy atom. The molecule has 3 N–H and O–H groups in total. The van der Waals surface area contributed by atoms with Crippen molar-refractivity contribution in [2.24, 2.45) is 23.7 Å². The zero-order valence-electron chi connectivity index (χ0n) is 26.0. The summed E-state index contributed by atoms with van der Waals surface area (Å²) in [7, 11) is 1.50. The van der Waals surface area contributed by atoms with Gasteiger partial charge in [0.05, 0.1) is 54.8 Å². The number of amides is 1. The number of alkyl halides is 3. The minimum absolute atomic E-state index is 0.0428. The van der Waals surface area contributed by atoms with E-state index in [4.69, 9.17) is 4.74 Å². The number of carbonyl (C=O) groups is 1. The van der Waals surface area contributed by atoms with Crippen LogP contribution in [0, 0.1) is 35.5 Å². The maximum Gasteiger partial charge on any atom is 0.447 e. The molecule has 2 unspecified atom stereocenters. The van der Waals surface area contributed by atoms with Gasteiger partial charge in [-0.25, -0.2) is 0 Å². The second-order valence-electron chi connectivity index (χ2n) is 13.7. The minimum Gasteiger partial charge on any atom is -0.495 e. The molecule has 7 rings (SSSR count). The Labute approximate surface area is 271 Å². The molecule has 11 heteroatoms. The number of rotatable bonds is 7. The third-order valence-corrected chi connectivity index (χ3v) is 11.1. The smallest absolute Gasteiger partial charge is 0.447 e. The Morgan fingerprint density at radius 2 is 1.93 bits per heavy atom. The van der Waals surface area contributed by atoms with Crippen molar-refractivity contribution in [2.75, 3.05) is 37.4 Å². The quantitative estimate of drug-likeness (QED) is 0.191. The van der Waals surface area contributed by atoms with Crippen LogP contribution >= 0.6 is 11.8 Å². The van der Waals surface area contributed by atoms with Gasteiger partial charge in [0.1, 0.15) is 10.8 Å². The number of likely N-dealkylation sites (tertiary alicyclic amines) is 1. The van der Waals surface area contributed by atoms with Crippen molar-refractivity contribution in [3.05, 3.63) is 53.7 Å². The number of β-amino-alcohol motifs (C(OH)–C–C–N with tert-alkyl or cyclic N) is 1. The number of carbonyl (C=O) groups excluding carboxylic acids is 1. The number of thioether (sulfide) groups is 1. The number of benzene rings is 1. The number of halogens is 3. The summed E-state index contributed by atoms with van der Waals surface area (Å²) in [5, 5.41) is 16.9. The first kappa shape index (κ1) is 31.1. The number of aliphatic hydroxyl groups is 1. The van der Waals surface area contributed by atoms with Crippen molar-refractivity contribution < 1.29 is 27.8 Å². The van der Waals surface area contributed by atoms with Crippen molar-refractivity contribution in [1.82, 2.24) is 9.30 Å². The highest BCUT2D eigenvalue weighted by Crippen LogP contribution is 2.57. The number of nitrogens with one attached hydrogen (secondary N) is 2. The van der Waals surface area contributed by atoms with E-state index in [0.717, 1.165) is 42.2 Å². The van der Waals surface area contributed by atoms with Crippen molar-refractivity contribution in [3.8, 4) is 17.6 Å². The molecule has 1 aromatic carbocycles. The van der Waals surface area contributed by atoms with Gasteiger partial charge in [-0.2, -0.15) is 13.2 Å². The molecule has 46 heavy (non-hydrogen) atoms. The number of pyridine rings is 1. The van der Waals surface area contributed by atoms with E-state index in [-0.39, 0.29) is 42.3 Å². The van der Waals surface area contributed by atoms with Crippen molar-refractivity contribution >= 4 is 34.6 Å². The van der Waals surface area contributed by atoms with Gasteiger partial charge in [0.15, 0.2) is 0 Å². The summed E-state index contributed by atoms with van der Waals surface area (Å²) in [6, 6.07) is 10.8. The molecule has 1 amide bonds. The van der Waals surface area contributed by atoms with E-state index in [1.807, 2.05) is 6.07 Å². The topological polar surface area (TPSA) is 78.2 Å². The van der Waals surface area contributed by atoms with Gasteiger partial charge in [0, 0.05) is 29.6 Å². The molecular formula is C35H39F3N4O3S. The van der Waals surface area contributed by atoms with E-state index in [1.165, 1.54) is 32.8 Å². The van der Waals surface area contributed by atoms with Crippen molar-refractivity contribution in [2.45, 2.75) is 67.6 Å². The fourth-order valence-electron chi connectivity index (χ4n) is 8.25. The molecule has 2 aromatic heterocycles. The molecule has 0 spiro atoms. The molecule has 3 aromatic rings. The van der Waals surface area contributed by atoms with Gasteiger partial charge < -0.3 is 29.8 Å². The fraction of sp³-hybridized carbons (Fsp3) is 0.514. The largest absolute Gasteiger partial charge is 0.495 e. The summed E-state index contributed by atoms with van der Waals surface area (Å²) in [4.78, 5) is 14.3. The summed E-state index contributed by atoms with van der Waals surface area (Å²) in [5.74, 6) is 9.63. The lowest BCUT2D eigenvalue weighted by atomic mass is 9.64. The van der Waals surface area contributed by atoms with Gasteiger partial charge in [0.2, 0.25) is 0 Å². The van der Waals surface area contributed by atoms with E-state index in [0.29, 0.717) is 34.1 Å². The van der Waals surface area contributed by atoms with Crippen LogP contribution in [0.25, 0.3) is 5.52 Å². The first-order valence-electron chi connectivity index (χ1n) is 16.0.